The first-order valence-corrected chi connectivity index (χ1v) is 7.19. The summed E-state index contributed by atoms with van der Waals surface area (Å²) in [6, 6.07) is 8.30. The molecule has 0 radical (unpaired) electrons. The molecule has 0 amide bonds. The molecule has 1 N–H and O–H groups in total. The second kappa shape index (κ2) is 7.11. The minimum Gasteiger partial charge on any atom is -0.464 e. The summed E-state index contributed by atoms with van der Waals surface area (Å²) in [7, 11) is 2.05. The van der Waals surface area contributed by atoms with E-state index in [9.17, 15) is 0 Å². The van der Waals surface area contributed by atoms with Gasteiger partial charge in [-0.15, -0.1) is 12.4 Å². The van der Waals surface area contributed by atoms with Crippen LogP contribution in [0, 0.1) is 5.92 Å². The molecule has 1 fully saturated rings. The lowest BCUT2D eigenvalue weighted by Gasteiger charge is -2.31. The molecular weight excluding hydrogens is 272 g/mol. The van der Waals surface area contributed by atoms with Gasteiger partial charge in [0.2, 0.25) is 0 Å². The van der Waals surface area contributed by atoms with Crippen molar-refractivity contribution in [3.8, 4) is 0 Å². The van der Waals surface area contributed by atoms with Gasteiger partial charge in [-0.2, -0.15) is 0 Å². The van der Waals surface area contributed by atoms with E-state index in [0.29, 0.717) is 0 Å². The first kappa shape index (κ1) is 15.4. The second-order valence-corrected chi connectivity index (χ2v) is 5.53. The van der Waals surface area contributed by atoms with Crippen LogP contribution in [-0.4, -0.2) is 31.6 Å². The molecule has 3 nitrogen and oxygen atoms in total. The van der Waals surface area contributed by atoms with Gasteiger partial charge >= 0.3 is 0 Å². The zero-order valence-corrected chi connectivity index (χ0v) is 12.8. The Balaban J connectivity index is 0.00000147. The molecule has 0 atom stereocenters. The van der Waals surface area contributed by atoms with Crippen molar-refractivity contribution < 1.29 is 4.42 Å². The standard InChI is InChI=1S/C16H22N2O.ClH/c1-17-10-13-6-8-18(9-7-13)11-14-12-19-16-5-3-2-4-15(14)16;/h2-5,12-13,17H,6-11H2,1H3;1H. The largest absolute Gasteiger partial charge is 0.464 e. The lowest BCUT2D eigenvalue weighted by atomic mass is 9.96. The number of furan rings is 1. The molecule has 0 saturated carbocycles. The number of para-hydroxylation sites is 1. The van der Waals surface area contributed by atoms with Gasteiger partial charge in [0.1, 0.15) is 5.58 Å². The fourth-order valence-electron chi connectivity index (χ4n) is 3.03. The maximum Gasteiger partial charge on any atom is 0.134 e. The molecule has 0 unspecified atom stereocenters. The molecular formula is C16H23ClN2O. The highest BCUT2D eigenvalue weighted by atomic mass is 35.5. The van der Waals surface area contributed by atoms with Crippen molar-refractivity contribution >= 4 is 23.4 Å². The first-order chi connectivity index (χ1) is 9.36. The van der Waals surface area contributed by atoms with Gasteiger partial charge in [-0.05, 0) is 51.5 Å². The number of rotatable bonds is 4. The van der Waals surface area contributed by atoms with Crippen molar-refractivity contribution in [2.75, 3.05) is 26.7 Å². The Kier molecular flexibility index (Phi) is 5.46. The average Bonchev–Trinajstić information content (AvgIpc) is 2.85. The van der Waals surface area contributed by atoms with E-state index in [1.165, 1.54) is 36.9 Å². The van der Waals surface area contributed by atoms with Crippen LogP contribution in [0.4, 0.5) is 0 Å². The third-order valence-corrected chi connectivity index (χ3v) is 4.16. The monoisotopic (exact) mass is 294 g/mol. The molecule has 2 heterocycles. The summed E-state index contributed by atoms with van der Waals surface area (Å²) in [5, 5.41) is 4.55. The van der Waals surface area contributed by atoms with Crippen LogP contribution in [0.3, 0.4) is 0 Å². The number of fused-ring (bicyclic) bond motifs is 1. The van der Waals surface area contributed by atoms with Crippen molar-refractivity contribution in [2.24, 2.45) is 5.92 Å². The zero-order chi connectivity index (χ0) is 13.1. The summed E-state index contributed by atoms with van der Waals surface area (Å²) in [4.78, 5) is 2.55. The summed E-state index contributed by atoms with van der Waals surface area (Å²) >= 11 is 0. The van der Waals surface area contributed by atoms with Crippen molar-refractivity contribution in [1.82, 2.24) is 10.2 Å². The van der Waals surface area contributed by atoms with Crippen LogP contribution in [0.5, 0.6) is 0 Å². The van der Waals surface area contributed by atoms with Crippen molar-refractivity contribution in [1.29, 1.82) is 0 Å². The number of benzene rings is 1. The Labute approximate surface area is 126 Å². The smallest absolute Gasteiger partial charge is 0.134 e. The van der Waals surface area contributed by atoms with Crippen molar-refractivity contribution in [3.63, 3.8) is 0 Å². The molecule has 110 valence electrons. The van der Waals surface area contributed by atoms with Crippen LogP contribution in [0.2, 0.25) is 0 Å². The van der Waals surface area contributed by atoms with Gasteiger partial charge in [-0.25, -0.2) is 0 Å². The van der Waals surface area contributed by atoms with E-state index >= 15 is 0 Å². The summed E-state index contributed by atoms with van der Waals surface area (Å²) in [6.45, 7) is 4.57. The number of nitrogens with one attached hydrogen (secondary N) is 1. The number of likely N-dealkylation sites (tertiary alicyclic amines) is 1. The lowest BCUT2D eigenvalue weighted by molar-refractivity contribution is 0.177. The predicted octanol–water partition coefficient (Wildman–Crippen LogP) is 3.29. The minimum absolute atomic E-state index is 0. The molecule has 2 aromatic rings. The average molecular weight is 295 g/mol. The van der Waals surface area contributed by atoms with Crippen LogP contribution < -0.4 is 5.32 Å². The highest BCUT2D eigenvalue weighted by Crippen LogP contribution is 2.24. The van der Waals surface area contributed by atoms with E-state index in [2.05, 4.69) is 22.3 Å². The molecule has 1 aliphatic rings. The number of piperidine rings is 1. The molecule has 20 heavy (non-hydrogen) atoms. The molecule has 3 rings (SSSR count). The minimum atomic E-state index is 0. The predicted molar refractivity (Wildman–Crippen MR) is 85.4 cm³/mol. The third kappa shape index (κ3) is 3.35. The van der Waals surface area contributed by atoms with Gasteiger partial charge in [0, 0.05) is 17.5 Å². The molecule has 4 heteroatoms. The van der Waals surface area contributed by atoms with Gasteiger partial charge in [0.15, 0.2) is 0 Å². The van der Waals surface area contributed by atoms with E-state index in [1.54, 1.807) is 0 Å². The van der Waals surface area contributed by atoms with Crippen LogP contribution in [0.15, 0.2) is 34.9 Å². The fraction of sp³-hybridized carbons (Fsp3) is 0.500. The van der Waals surface area contributed by atoms with Gasteiger partial charge in [-0.3, -0.25) is 4.90 Å². The van der Waals surface area contributed by atoms with Crippen LogP contribution >= 0.6 is 12.4 Å². The Bertz CT molecular complexity index is 532. The highest BCUT2D eigenvalue weighted by Gasteiger charge is 2.19. The maximum absolute atomic E-state index is 5.61. The zero-order valence-electron chi connectivity index (χ0n) is 12.0. The Morgan fingerprint density at radius 3 is 2.75 bits per heavy atom. The van der Waals surface area contributed by atoms with Gasteiger partial charge in [-0.1, -0.05) is 18.2 Å². The summed E-state index contributed by atoms with van der Waals surface area (Å²) in [6.07, 6.45) is 4.53. The Morgan fingerprint density at radius 2 is 2.00 bits per heavy atom. The summed E-state index contributed by atoms with van der Waals surface area (Å²) in [5.74, 6) is 0.849. The molecule has 1 saturated heterocycles. The Hall–Kier alpha value is -1.03. The third-order valence-electron chi connectivity index (χ3n) is 4.16. The highest BCUT2D eigenvalue weighted by molar-refractivity contribution is 5.85. The first-order valence-electron chi connectivity index (χ1n) is 7.19. The molecule has 0 bridgehead atoms. The second-order valence-electron chi connectivity index (χ2n) is 5.53. The molecule has 0 spiro atoms. The van der Waals surface area contributed by atoms with E-state index in [-0.39, 0.29) is 12.4 Å². The van der Waals surface area contributed by atoms with E-state index < -0.39 is 0 Å². The van der Waals surface area contributed by atoms with Crippen LogP contribution in [-0.2, 0) is 6.54 Å². The lowest BCUT2D eigenvalue weighted by Crippen LogP contribution is -2.36. The van der Waals surface area contributed by atoms with Crippen molar-refractivity contribution in [3.05, 3.63) is 36.1 Å². The summed E-state index contributed by atoms with van der Waals surface area (Å²) < 4.78 is 5.61. The number of hydrogen-bond donors (Lipinski definition) is 1. The van der Waals surface area contributed by atoms with Crippen molar-refractivity contribution in [2.45, 2.75) is 19.4 Å². The quantitative estimate of drug-likeness (QED) is 0.938. The SMILES string of the molecule is CNCC1CCN(Cc2coc3ccccc23)CC1.Cl. The molecule has 1 aliphatic heterocycles. The van der Waals surface area contributed by atoms with Crippen LogP contribution in [0.25, 0.3) is 11.0 Å². The molecule has 1 aromatic heterocycles. The van der Waals surface area contributed by atoms with Crippen LogP contribution in [0.1, 0.15) is 18.4 Å². The van der Waals surface area contributed by atoms with E-state index in [0.717, 1.165) is 24.6 Å². The number of halogens is 1. The topological polar surface area (TPSA) is 28.4 Å². The Morgan fingerprint density at radius 1 is 1.25 bits per heavy atom. The maximum atomic E-state index is 5.61. The fourth-order valence-corrected chi connectivity index (χ4v) is 3.03. The van der Waals surface area contributed by atoms with Gasteiger partial charge < -0.3 is 9.73 Å². The number of nitrogens with zero attached hydrogens (tertiary/aromatic N) is 1. The van der Waals surface area contributed by atoms with E-state index in [1.807, 2.05) is 25.4 Å². The molecule has 0 aliphatic carbocycles. The van der Waals surface area contributed by atoms with E-state index in [4.69, 9.17) is 4.42 Å². The van der Waals surface area contributed by atoms with Gasteiger partial charge in [0.05, 0.1) is 6.26 Å². The van der Waals surface area contributed by atoms with Gasteiger partial charge in [0.25, 0.3) is 0 Å². The molecule has 1 aromatic carbocycles. The number of hydrogen-bond acceptors (Lipinski definition) is 3. The normalized spacial score (nSPS) is 17.2. The summed E-state index contributed by atoms with van der Waals surface area (Å²) in [5.41, 5.74) is 2.32.